The van der Waals surface area contributed by atoms with Crippen LogP contribution in [0.1, 0.15) is 12.7 Å². The van der Waals surface area contributed by atoms with E-state index in [9.17, 15) is 4.79 Å². The maximum absolute atomic E-state index is 11.3. The maximum atomic E-state index is 11.3. The third kappa shape index (κ3) is 3.17. The molecule has 0 aliphatic rings. The van der Waals surface area contributed by atoms with Gasteiger partial charge in [-0.25, -0.2) is 4.98 Å². The van der Waals surface area contributed by atoms with Gasteiger partial charge in [-0.3, -0.25) is 9.48 Å². The van der Waals surface area contributed by atoms with E-state index in [1.807, 2.05) is 23.9 Å². The number of hydrogen-bond donors (Lipinski definition) is 2. The Kier molecular flexibility index (Phi) is 3.54. The number of rotatable bonds is 5. The van der Waals surface area contributed by atoms with Crippen molar-refractivity contribution < 1.29 is 0 Å². The van der Waals surface area contributed by atoms with E-state index in [0.29, 0.717) is 24.6 Å². The van der Waals surface area contributed by atoms with E-state index in [-0.39, 0.29) is 5.56 Å². The molecule has 6 heteroatoms. The molecule has 0 amide bonds. The molecule has 0 atom stereocenters. The second kappa shape index (κ2) is 5.29. The van der Waals surface area contributed by atoms with Gasteiger partial charge in [0.2, 0.25) is 0 Å². The maximum Gasteiger partial charge on any atom is 0.252 e. The van der Waals surface area contributed by atoms with Crippen LogP contribution in [0.3, 0.4) is 0 Å². The molecule has 0 aliphatic heterocycles. The summed E-state index contributed by atoms with van der Waals surface area (Å²) in [5, 5.41) is 7.19. The molecule has 0 fully saturated rings. The van der Waals surface area contributed by atoms with Gasteiger partial charge in [0.25, 0.3) is 5.56 Å². The van der Waals surface area contributed by atoms with Crippen molar-refractivity contribution in [1.29, 1.82) is 0 Å². The SMILES string of the molecule is CCc1nc(NCCn2cccn2)cc(=O)[nH]1. The first-order valence-electron chi connectivity index (χ1n) is 5.59. The molecule has 90 valence electrons. The number of nitrogens with zero attached hydrogens (tertiary/aromatic N) is 3. The zero-order chi connectivity index (χ0) is 12.1. The van der Waals surface area contributed by atoms with Crippen LogP contribution in [0.5, 0.6) is 0 Å². The number of aromatic amines is 1. The van der Waals surface area contributed by atoms with Gasteiger partial charge < -0.3 is 10.3 Å². The molecule has 6 nitrogen and oxygen atoms in total. The van der Waals surface area contributed by atoms with Crippen molar-refractivity contribution in [1.82, 2.24) is 19.7 Å². The molecule has 2 rings (SSSR count). The quantitative estimate of drug-likeness (QED) is 0.794. The fourth-order valence-electron chi connectivity index (χ4n) is 1.50. The van der Waals surface area contributed by atoms with Crippen LogP contribution in [-0.2, 0) is 13.0 Å². The van der Waals surface area contributed by atoms with Crippen LogP contribution in [-0.4, -0.2) is 26.3 Å². The van der Waals surface area contributed by atoms with Gasteiger partial charge in [0.05, 0.1) is 6.54 Å². The summed E-state index contributed by atoms with van der Waals surface area (Å²) in [5.74, 6) is 1.30. The van der Waals surface area contributed by atoms with Gasteiger partial charge in [-0.1, -0.05) is 6.92 Å². The van der Waals surface area contributed by atoms with E-state index in [4.69, 9.17) is 0 Å². The van der Waals surface area contributed by atoms with Gasteiger partial charge >= 0.3 is 0 Å². The average molecular weight is 233 g/mol. The molecule has 0 aliphatic carbocycles. The van der Waals surface area contributed by atoms with E-state index >= 15 is 0 Å². The highest BCUT2D eigenvalue weighted by Crippen LogP contribution is 1.99. The predicted molar refractivity (Wildman–Crippen MR) is 65.0 cm³/mol. The molecular weight excluding hydrogens is 218 g/mol. The van der Waals surface area contributed by atoms with Gasteiger partial charge in [0.1, 0.15) is 11.6 Å². The Labute approximate surface area is 98.7 Å². The van der Waals surface area contributed by atoms with Crippen LogP contribution in [0.15, 0.2) is 29.3 Å². The minimum absolute atomic E-state index is 0.126. The lowest BCUT2D eigenvalue weighted by molar-refractivity contribution is 0.636. The van der Waals surface area contributed by atoms with Crippen LogP contribution in [0.2, 0.25) is 0 Å². The Hall–Kier alpha value is -2.11. The van der Waals surface area contributed by atoms with Crippen molar-refractivity contribution in [2.45, 2.75) is 19.9 Å². The molecule has 17 heavy (non-hydrogen) atoms. The lowest BCUT2D eigenvalue weighted by Crippen LogP contribution is -2.16. The Morgan fingerprint density at radius 2 is 2.41 bits per heavy atom. The van der Waals surface area contributed by atoms with Crippen LogP contribution in [0.4, 0.5) is 5.82 Å². The molecule has 2 aromatic rings. The molecule has 2 N–H and O–H groups in total. The monoisotopic (exact) mass is 233 g/mol. The lowest BCUT2D eigenvalue weighted by atomic mass is 10.4. The van der Waals surface area contributed by atoms with Crippen LogP contribution in [0, 0.1) is 0 Å². The summed E-state index contributed by atoms with van der Waals surface area (Å²) in [6, 6.07) is 3.34. The fourth-order valence-corrected chi connectivity index (χ4v) is 1.50. The molecule has 0 aromatic carbocycles. The van der Waals surface area contributed by atoms with Crippen LogP contribution in [0.25, 0.3) is 0 Å². The average Bonchev–Trinajstić information content (AvgIpc) is 2.81. The van der Waals surface area contributed by atoms with E-state index in [0.717, 1.165) is 6.54 Å². The summed E-state index contributed by atoms with van der Waals surface area (Å²) in [5.41, 5.74) is -0.126. The highest BCUT2D eigenvalue weighted by atomic mass is 16.1. The molecule has 0 spiro atoms. The number of H-pyrrole nitrogens is 1. The summed E-state index contributed by atoms with van der Waals surface area (Å²) in [6.07, 6.45) is 4.34. The molecule has 0 unspecified atom stereocenters. The minimum atomic E-state index is -0.126. The summed E-state index contributed by atoms with van der Waals surface area (Å²) in [6.45, 7) is 3.37. The first-order valence-corrected chi connectivity index (χ1v) is 5.59. The van der Waals surface area contributed by atoms with Crippen molar-refractivity contribution in [3.8, 4) is 0 Å². The third-order valence-corrected chi connectivity index (χ3v) is 2.33. The summed E-state index contributed by atoms with van der Waals surface area (Å²) in [4.78, 5) is 18.3. The molecule has 2 aromatic heterocycles. The number of aryl methyl sites for hydroxylation is 1. The van der Waals surface area contributed by atoms with Crippen molar-refractivity contribution >= 4 is 5.82 Å². The molecule has 0 bridgehead atoms. The Morgan fingerprint density at radius 3 is 3.12 bits per heavy atom. The third-order valence-electron chi connectivity index (χ3n) is 2.33. The van der Waals surface area contributed by atoms with Crippen LogP contribution >= 0.6 is 0 Å². The summed E-state index contributed by atoms with van der Waals surface area (Å²) in [7, 11) is 0. The smallest absolute Gasteiger partial charge is 0.252 e. The summed E-state index contributed by atoms with van der Waals surface area (Å²) < 4.78 is 1.82. The highest BCUT2D eigenvalue weighted by Gasteiger charge is 1.99. The molecule has 0 radical (unpaired) electrons. The van der Waals surface area contributed by atoms with Crippen molar-refractivity contribution in [3.63, 3.8) is 0 Å². The highest BCUT2D eigenvalue weighted by molar-refractivity contribution is 5.32. The minimum Gasteiger partial charge on any atom is -0.368 e. The Morgan fingerprint density at radius 1 is 1.53 bits per heavy atom. The van der Waals surface area contributed by atoms with Gasteiger partial charge in [0, 0.05) is 31.4 Å². The lowest BCUT2D eigenvalue weighted by Gasteiger charge is -2.06. The summed E-state index contributed by atoms with van der Waals surface area (Å²) >= 11 is 0. The largest absolute Gasteiger partial charge is 0.368 e. The first kappa shape index (κ1) is 11.4. The predicted octanol–water partition coefficient (Wildman–Crippen LogP) is 0.641. The number of nitrogens with one attached hydrogen (secondary N) is 2. The van der Waals surface area contributed by atoms with E-state index in [1.54, 1.807) is 6.20 Å². The van der Waals surface area contributed by atoms with Crippen molar-refractivity contribution in [3.05, 3.63) is 40.7 Å². The topological polar surface area (TPSA) is 75.6 Å². The molecule has 2 heterocycles. The standard InChI is InChI=1S/C11H15N5O/c1-2-9-14-10(8-11(17)15-9)12-5-7-16-6-3-4-13-16/h3-4,6,8H,2,5,7H2,1H3,(H2,12,14,15,17). The number of hydrogen-bond acceptors (Lipinski definition) is 4. The van der Waals surface area contributed by atoms with Gasteiger partial charge in [-0.15, -0.1) is 0 Å². The number of anilines is 1. The Balaban J connectivity index is 1.94. The molecular formula is C11H15N5O. The first-order chi connectivity index (χ1) is 8.28. The second-order valence-corrected chi connectivity index (χ2v) is 3.63. The Bertz CT molecular complexity index is 517. The van der Waals surface area contributed by atoms with Gasteiger partial charge in [0.15, 0.2) is 0 Å². The zero-order valence-corrected chi connectivity index (χ0v) is 9.68. The second-order valence-electron chi connectivity index (χ2n) is 3.63. The normalized spacial score (nSPS) is 10.4. The van der Waals surface area contributed by atoms with Crippen molar-refractivity contribution in [2.24, 2.45) is 0 Å². The van der Waals surface area contributed by atoms with Crippen molar-refractivity contribution in [2.75, 3.05) is 11.9 Å². The van der Waals surface area contributed by atoms with E-state index < -0.39 is 0 Å². The molecule has 0 saturated heterocycles. The van der Waals surface area contributed by atoms with E-state index in [1.165, 1.54) is 6.07 Å². The zero-order valence-electron chi connectivity index (χ0n) is 9.68. The van der Waals surface area contributed by atoms with Crippen LogP contribution < -0.4 is 10.9 Å². The fraction of sp³-hybridized carbons (Fsp3) is 0.364. The van der Waals surface area contributed by atoms with Gasteiger partial charge in [-0.05, 0) is 6.07 Å². The molecule has 0 saturated carbocycles. The van der Waals surface area contributed by atoms with E-state index in [2.05, 4.69) is 20.4 Å². The van der Waals surface area contributed by atoms with Gasteiger partial charge in [-0.2, -0.15) is 5.10 Å². The number of aromatic nitrogens is 4.